The van der Waals surface area contributed by atoms with Gasteiger partial charge in [0.25, 0.3) is 0 Å². The smallest absolute Gasteiger partial charge is 0.136 e. The molecule has 26 heavy (non-hydrogen) atoms. The van der Waals surface area contributed by atoms with Gasteiger partial charge in [-0.1, -0.05) is 80.1 Å². The first-order chi connectivity index (χ1) is 12.5. The van der Waals surface area contributed by atoms with Crippen LogP contribution in [0.3, 0.4) is 0 Å². The summed E-state index contributed by atoms with van der Waals surface area (Å²) >= 11 is 6.16. The minimum absolute atomic E-state index is 0.767. The maximum Gasteiger partial charge on any atom is 0.136 e. The predicted octanol–water partition coefficient (Wildman–Crippen LogP) is 6.21. The van der Waals surface area contributed by atoms with Crippen molar-refractivity contribution in [3.63, 3.8) is 0 Å². The SMILES string of the molecule is CC/C(=C(/c1ccc(Cl)cc1)[Si](C)(C)c1ccccn1)c1ccccc1. The molecule has 1 heterocycles. The molecule has 0 aliphatic rings. The molecule has 132 valence electrons. The second-order valence-electron chi connectivity index (χ2n) is 6.92. The van der Waals surface area contributed by atoms with Crippen LogP contribution in [0.5, 0.6) is 0 Å². The first kappa shape index (κ1) is 18.6. The lowest BCUT2D eigenvalue weighted by Gasteiger charge is -2.29. The highest BCUT2D eigenvalue weighted by Crippen LogP contribution is 2.36. The largest absolute Gasteiger partial charge is 0.266 e. The molecule has 0 unspecified atom stereocenters. The van der Waals surface area contributed by atoms with Gasteiger partial charge in [-0.05, 0) is 52.6 Å². The number of pyridine rings is 1. The van der Waals surface area contributed by atoms with Crippen molar-refractivity contribution in [2.75, 3.05) is 0 Å². The van der Waals surface area contributed by atoms with Crippen LogP contribution in [-0.2, 0) is 0 Å². The average Bonchev–Trinajstić information content (AvgIpc) is 2.68. The number of hydrogen-bond acceptors (Lipinski definition) is 1. The van der Waals surface area contributed by atoms with E-state index in [9.17, 15) is 0 Å². The fraction of sp³-hybridized carbons (Fsp3) is 0.174. The number of benzene rings is 2. The molecule has 1 nitrogen and oxygen atoms in total. The third-order valence-electron chi connectivity index (χ3n) is 4.84. The lowest BCUT2D eigenvalue weighted by atomic mass is 10.0. The van der Waals surface area contributed by atoms with Gasteiger partial charge in [0.2, 0.25) is 0 Å². The van der Waals surface area contributed by atoms with E-state index < -0.39 is 8.07 Å². The van der Waals surface area contributed by atoms with Gasteiger partial charge in [0.15, 0.2) is 0 Å². The Hall–Kier alpha value is -2.16. The fourth-order valence-electron chi connectivity index (χ4n) is 3.55. The second kappa shape index (κ2) is 8.03. The number of allylic oxidation sites excluding steroid dienone is 1. The van der Waals surface area contributed by atoms with Gasteiger partial charge < -0.3 is 0 Å². The molecule has 2 aromatic carbocycles. The summed E-state index contributed by atoms with van der Waals surface area (Å²) in [5.74, 6) is 0. The molecule has 3 aromatic rings. The topological polar surface area (TPSA) is 12.9 Å². The van der Waals surface area contributed by atoms with Gasteiger partial charge in [0, 0.05) is 16.5 Å². The van der Waals surface area contributed by atoms with Crippen LogP contribution in [0.4, 0.5) is 0 Å². The molecular weight excluding hydrogens is 354 g/mol. The molecule has 0 fully saturated rings. The first-order valence-electron chi connectivity index (χ1n) is 9.00. The normalized spacial score (nSPS) is 12.6. The number of rotatable bonds is 5. The molecule has 0 N–H and O–H groups in total. The van der Waals surface area contributed by atoms with E-state index in [0.717, 1.165) is 11.4 Å². The van der Waals surface area contributed by atoms with Crippen molar-refractivity contribution in [2.45, 2.75) is 26.4 Å². The molecule has 0 atom stereocenters. The fourth-order valence-corrected chi connectivity index (χ4v) is 6.81. The Morgan fingerprint density at radius 2 is 1.50 bits per heavy atom. The Kier molecular flexibility index (Phi) is 5.75. The van der Waals surface area contributed by atoms with Crippen LogP contribution in [0.15, 0.2) is 79.0 Å². The number of hydrogen-bond donors (Lipinski definition) is 0. The number of nitrogens with zero attached hydrogens (tertiary/aromatic N) is 1. The van der Waals surface area contributed by atoms with Crippen LogP contribution >= 0.6 is 11.6 Å². The van der Waals surface area contributed by atoms with Gasteiger partial charge in [-0.25, -0.2) is 0 Å². The van der Waals surface area contributed by atoms with Crippen molar-refractivity contribution in [2.24, 2.45) is 0 Å². The van der Waals surface area contributed by atoms with Crippen LogP contribution in [0, 0.1) is 0 Å². The molecule has 3 rings (SSSR count). The van der Waals surface area contributed by atoms with E-state index in [1.807, 2.05) is 24.4 Å². The van der Waals surface area contributed by atoms with Crippen molar-refractivity contribution in [1.29, 1.82) is 0 Å². The highest BCUT2D eigenvalue weighted by Gasteiger charge is 2.33. The minimum atomic E-state index is -2.01. The number of halogens is 1. The van der Waals surface area contributed by atoms with E-state index in [0.29, 0.717) is 0 Å². The van der Waals surface area contributed by atoms with E-state index in [1.54, 1.807) is 0 Å². The van der Waals surface area contributed by atoms with Gasteiger partial charge in [0.05, 0.1) is 0 Å². The zero-order valence-corrected chi connectivity index (χ0v) is 17.3. The van der Waals surface area contributed by atoms with E-state index in [-0.39, 0.29) is 0 Å². The van der Waals surface area contributed by atoms with Crippen LogP contribution in [0.25, 0.3) is 10.8 Å². The molecule has 1 aromatic heterocycles. The summed E-state index contributed by atoms with van der Waals surface area (Å²) in [4.78, 5) is 4.73. The van der Waals surface area contributed by atoms with Crippen molar-refractivity contribution in [3.8, 4) is 0 Å². The van der Waals surface area contributed by atoms with Crippen LogP contribution in [-0.4, -0.2) is 13.1 Å². The molecule has 0 spiro atoms. The number of aromatic nitrogens is 1. The zero-order valence-electron chi connectivity index (χ0n) is 15.5. The Morgan fingerprint density at radius 1 is 0.846 bits per heavy atom. The van der Waals surface area contributed by atoms with E-state index in [1.165, 1.54) is 27.2 Å². The maximum absolute atomic E-state index is 6.16. The summed E-state index contributed by atoms with van der Waals surface area (Å²) < 4.78 is 0. The summed E-state index contributed by atoms with van der Waals surface area (Å²) in [6.45, 7) is 7.01. The molecule has 0 aliphatic carbocycles. The zero-order chi connectivity index (χ0) is 18.6. The Bertz CT molecular complexity index is 885. The summed E-state index contributed by atoms with van der Waals surface area (Å²) in [5.41, 5.74) is 3.93. The second-order valence-corrected chi connectivity index (χ2v) is 11.6. The molecule has 0 radical (unpaired) electrons. The van der Waals surface area contributed by atoms with Crippen molar-refractivity contribution in [1.82, 2.24) is 4.98 Å². The van der Waals surface area contributed by atoms with Crippen molar-refractivity contribution in [3.05, 3.63) is 95.1 Å². The van der Waals surface area contributed by atoms with Gasteiger partial charge in [-0.2, -0.15) is 0 Å². The molecule has 0 bridgehead atoms. The van der Waals surface area contributed by atoms with Crippen LogP contribution < -0.4 is 5.32 Å². The average molecular weight is 378 g/mol. The van der Waals surface area contributed by atoms with Gasteiger partial charge in [0.1, 0.15) is 8.07 Å². The lowest BCUT2D eigenvalue weighted by molar-refractivity contribution is 1.24. The quantitative estimate of drug-likeness (QED) is 0.380. The molecule has 0 amide bonds. The summed E-state index contributed by atoms with van der Waals surface area (Å²) in [7, 11) is -2.01. The highest BCUT2D eigenvalue weighted by atomic mass is 35.5. The third kappa shape index (κ3) is 3.82. The summed E-state index contributed by atoms with van der Waals surface area (Å²) in [6.07, 6.45) is 2.88. The molecule has 0 saturated heterocycles. The Morgan fingerprint density at radius 3 is 2.08 bits per heavy atom. The standard InChI is InChI=1S/C23H24ClNSi/c1-4-21(18-10-6-5-7-11-18)23(19-13-15-20(24)16-14-19)26(2,3)22-12-8-9-17-25-22/h5-17H,4H2,1-3H3/b23-21+. The Balaban J connectivity index is 2.29. The molecular formula is C23H24ClNSi. The minimum Gasteiger partial charge on any atom is -0.266 e. The van der Waals surface area contributed by atoms with Crippen molar-refractivity contribution >= 4 is 35.8 Å². The van der Waals surface area contributed by atoms with Crippen LogP contribution in [0.1, 0.15) is 24.5 Å². The van der Waals surface area contributed by atoms with Gasteiger partial charge in [-0.15, -0.1) is 0 Å². The molecule has 0 aliphatic heterocycles. The predicted molar refractivity (Wildman–Crippen MR) is 116 cm³/mol. The monoisotopic (exact) mass is 377 g/mol. The van der Waals surface area contributed by atoms with Gasteiger partial charge >= 0.3 is 0 Å². The molecule has 3 heteroatoms. The van der Waals surface area contributed by atoms with Crippen LogP contribution in [0.2, 0.25) is 18.1 Å². The first-order valence-corrected chi connectivity index (χ1v) is 12.4. The lowest BCUT2D eigenvalue weighted by Crippen LogP contribution is -2.45. The third-order valence-corrected chi connectivity index (χ3v) is 8.51. The molecule has 0 saturated carbocycles. The highest BCUT2D eigenvalue weighted by molar-refractivity contribution is 7.05. The van der Waals surface area contributed by atoms with E-state index >= 15 is 0 Å². The van der Waals surface area contributed by atoms with Crippen molar-refractivity contribution < 1.29 is 0 Å². The van der Waals surface area contributed by atoms with E-state index in [4.69, 9.17) is 16.6 Å². The maximum atomic E-state index is 6.16. The van der Waals surface area contributed by atoms with Gasteiger partial charge in [-0.3, -0.25) is 4.98 Å². The summed E-state index contributed by atoms with van der Waals surface area (Å²) in [5, 5.41) is 3.40. The summed E-state index contributed by atoms with van der Waals surface area (Å²) in [6, 6.07) is 25.2. The Labute approximate surface area is 162 Å². The van der Waals surface area contributed by atoms with E-state index in [2.05, 4.69) is 74.6 Å².